The van der Waals surface area contributed by atoms with Crippen LogP contribution in [0, 0.1) is 0 Å². The van der Waals surface area contributed by atoms with E-state index in [1.165, 1.54) is 32.5 Å². The molecule has 1 aromatic rings. The Kier molecular flexibility index (Phi) is 7.67. The smallest absolute Gasteiger partial charge is 0.303 e. The molecule has 0 spiro atoms. The molecule has 0 radical (unpaired) electrons. The molecule has 1 saturated heterocycles. The summed E-state index contributed by atoms with van der Waals surface area (Å²) in [4.78, 5) is 34.9. The van der Waals surface area contributed by atoms with Gasteiger partial charge in [0, 0.05) is 26.5 Å². The second-order valence-corrected chi connectivity index (χ2v) is 7.47. The zero-order chi connectivity index (χ0) is 20.0. The number of hydrogen-bond acceptors (Lipinski definition) is 7. The van der Waals surface area contributed by atoms with Crippen LogP contribution in [0.1, 0.15) is 33.3 Å². The maximum absolute atomic E-state index is 11.7. The van der Waals surface area contributed by atoms with Gasteiger partial charge in [-0.3, -0.25) is 14.4 Å². The molecule has 1 aliphatic rings. The molecular formula is C19H25NO6S. The van der Waals surface area contributed by atoms with Crippen LogP contribution in [-0.2, 0) is 34.3 Å². The molecule has 1 fully saturated rings. The molecule has 8 heteroatoms. The fourth-order valence-electron chi connectivity index (χ4n) is 2.97. The van der Waals surface area contributed by atoms with Crippen molar-refractivity contribution >= 4 is 29.6 Å². The molecule has 1 amide bonds. The number of carbonyl (C=O) groups is 3. The van der Waals surface area contributed by atoms with Gasteiger partial charge in [-0.15, -0.1) is 11.8 Å². The van der Waals surface area contributed by atoms with E-state index in [0.717, 1.165) is 5.56 Å². The lowest BCUT2D eigenvalue weighted by Gasteiger charge is -2.44. The molecule has 0 bridgehead atoms. The molecule has 1 aromatic carbocycles. The van der Waals surface area contributed by atoms with Gasteiger partial charge >= 0.3 is 11.9 Å². The van der Waals surface area contributed by atoms with Crippen LogP contribution in [0.25, 0.3) is 0 Å². The average molecular weight is 395 g/mol. The van der Waals surface area contributed by atoms with Gasteiger partial charge in [-0.25, -0.2) is 0 Å². The summed E-state index contributed by atoms with van der Waals surface area (Å²) in [5.41, 5.74) is 0.631. The van der Waals surface area contributed by atoms with Crippen LogP contribution in [0.15, 0.2) is 30.3 Å². The van der Waals surface area contributed by atoms with E-state index in [-0.39, 0.29) is 5.91 Å². The first-order chi connectivity index (χ1) is 12.8. The second-order valence-electron chi connectivity index (χ2n) is 6.38. The minimum Gasteiger partial charge on any atom is -0.456 e. The summed E-state index contributed by atoms with van der Waals surface area (Å²) in [6, 6.07) is 9.18. The Hall–Kier alpha value is -2.06. The van der Waals surface area contributed by atoms with Gasteiger partial charge < -0.3 is 19.5 Å². The van der Waals surface area contributed by atoms with E-state index in [1.807, 2.05) is 30.3 Å². The molecule has 0 saturated carbocycles. The standard InChI is InChI=1S/C19H25NO6S/c1-11-17(25-13(3)22)18(26-14(4)23)16(20-12(2)21)19(24-11)27-10-15-8-6-5-7-9-15/h5-9,11,16-19H,10H2,1-4H3,(H,20,21)/t11-,16-,17+,18-,19-/m1/s1. The molecule has 1 heterocycles. The third-order valence-corrected chi connectivity index (χ3v) is 5.25. The fraction of sp³-hybridized carbons (Fsp3) is 0.526. The van der Waals surface area contributed by atoms with E-state index in [1.54, 1.807) is 6.92 Å². The number of rotatable bonds is 6. The molecule has 0 aromatic heterocycles. The highest BCUT2D eigenvalue weighted by Crippen LogP contribution is 2.33. The van der Waals surface area contributed by atoms with Crippen molar-refractivity contribution in [1.29, 1.82) is 0 Å². The number of thioether (sulfide) groups is 1. The van der Waals surface area contributed by atoms with Crippen molar-refractivity contribution in [3.8, 4) is 0 Å². The largest absolute Gasteiger partial charge is 0.456 e. The minimum absolute atomic E-state index is 0.290. The van der Waals surface area contributed by atoms with Gasteiger partial charge in [0.2, 0.25) is 5.91 Å². The Labute approximate surface area is 163 Å². The van der Waals surface area contributed by atoms with Gasteiger partial charge in [-0.1, -0.05) is 30.3 Å². The van der Waals surface area contributed by atoms with Crippen molar-refractivity contribution < 1.29 is 28.6 Å². The average Bonchev–Trinajstić information content (AvgIpc) is 2.59. The Morgan fingerprint density at radius 1 is 1.04 bits per heavy atom. The summed E-state index contributed by atoms with van der Waals surface area (Å²) < 4.78 is 16.8. The van der Waals surface area contributed by atoms with Gasteiger partial charge in [0.1, 0.15) is 11.5 Å². The predicted octanol–water partition coefficient (Wildman–Crippen LogP) is 2.03. The highest BCUT2D eigenvalue weighted by atomic mass is 32.2. The molecule has 2 rings (SSSR count). The van der Waals surface area contributed by atoms with E-state index >= 15 is 0 Å². The minimum atomic E-state index is -0.840. The van der Waals surface area contributed by atoms with Gasteiger partial charge in [0.25, 0.3) is 0 Å². The fourth-order valence-corrected chi connectivity index (χ4v) is 4.20. The van der Waals surface area contributed by atoms with E-state index < -0.39 is 41.7 Å². The summed E-state index contributed by atoms with van der Waals surface area (Å²) in [6.07, 6.45) is -2.15. The van der Waals surface area contributed by atoms with E-state index in [0.29, 0.717) is 5.75 Å². The van der Waals surface area contributed by atoms with Crippen molar-refractivity contribution in [3.63, 3.8) is 0 Å². The van der Waals surface area contributed by atoms with E-state index in [4.69, 9.17) is 14.2 Å². The van der Waals surface area contributed by atoms with Gasteiger partial charge in [0.05, 0.1) is 6.10 Å². The highest BCUT2D eigenvalue weighted by Gasteiger charge is 2.48. The monoisotopic (exact) mass is 395 g/mol. The summed E-state index contributed by atoms with van der Waals surface area (Å²) >= 11 is 1.49. The van der Waals surface area contributed by atoms with Crippen LogP contribution in [-0.4, -0.2) is 47.6 Å². The number of carbonyl (C=O) groups excluding carboxylic acids is 3. The van der Waals surface area contributed by atoms with Crippen LogP contribution in [0.4, 0.5) is 0 Å². The van der Waals surface area contributed by atoms with Crippen molar-refractivity contribution in [1.82, 2.24) is 5.32 Å². The van der Waals surface area contributed by atoms with Gasteiger partial charge in [-0.05, 0) is 12.5 Å². The molecule has 0 unspecified atom stereocenters. The lowest BCUT2D eigenvalue weighted by atomic mass is 9.98. The zero-order valence-corrected chi connectivity index (χ0v) is 16.7. The van der Waals surface area contributed by atoms with Crippen LogP contribution in [0.3, 0.4) is 0 Å². The SMILES string of the molecule is CC(=O)N[C@@H]1[C@@H](OC(C)=O)[C@@H](OC(C)=O)[C@@H](C)O[C@@H]1SCc1ccccc1. The molecule has 1 N–H and O–H groups in total. The predicted molar refractivity (Wildman–Crippen MR) is 101 cm³/mol. The Bertz CT molecular complexity index is 667. The number of benzene rings is 1. The molecule has 7 nitrogen and oxygen atoms in total. The lowest BCUT2D eigenvalue weighted by Crippen LogP contribution is -2.63. The first kappa shape index (κ1) is 21.2. The number of nitrogens with one attached hydrogen (secondary N) is 1. The summed E-state index contributed by atoms with van der Waals surface area (Å²) in [6.45, 7) is 5.69. The maximum atomic E-state index is 11.7. The summed E-state index contributed by atoms with van der Waals surface area (Å²) in [5.74, 6) is -0.667. The van der Waals surface area contributed by atoms with E-state index in [2.05, 4.69) is 5.32 Å². The lowest BCUT2D eigenvalue weighted by molar-refractivity contribution is -0.201. The topological polar surface area (TPSA) is 90.9 Å². The maximum Gasteiger partial charge on any atom is 0.303 e. The third kappa shape index (κ3) is 6.25. The Morgan fingerprint density at radius 3 is 2.19 bits per heavy atom. The van der Waals surface area contributed by atoms with Crippen LogP contribution >= 0.6 is 11.8 Å². The molecular weight excluding hydrogens is 370 g/mol. The highest BCUT2D eigenvalue weighted by molar-refractivity contribution is 7.99. The van der Waals surface area contributed by atoms with Crippen LogP contribution in [0.5, 0.6) is 0 Å². The summed E-state index contributed by atoms with van der Waals surface area (Å²) in [5, 5.41) is 2.79. The van der Waals surface area contributed by atoms with Crippen molar-refractivity contribution in [2.24, 2.45) is 0 Å². The zero-order valence-electron chi connectivity index (χ0n) is 15.8. The normalized spacial score (nSPS) is 27.5. The number of hydrogen-bond donors (Lipinski definition) is 1. The van der Waals surface area contributed by atoms with Crippen LogP contribution < -0.4 is 5.32 Å². The van der Waals surface area contributed by atoms with Crippen molar-refractivity contribution in [2.45, 2.75) is 63.2 Å². The molecule has 148 valence electrons. The molecule has 0 aliphatic carbocycles. The molecule has 27 heavy (non-hydrogen) atoms. The van der Waals surface area contributed by atoms with E-state index in [9.17, 15) is 14.4 Å². The number of amides is 1. The van der Waals surface area contributed by atoms with Gasteiger partial charge in [-0.2, -0.15) is 0 Å². The molecule has 5 atom stereocenters. The first-order valence-corrected chi connectivity index (χ1v) is 9.75. The second kappa shape index (κ2) is 9.75. The molecule has 1 aliphatic heterocycles. The Balaban J connectivity index is 2.24. The first-order valence-electron chi connectivity index (χ1n) is 8.70. The Morgan fingerprint density at radius 2 is 1.63 bits per heavy atom. The van der Waals surface area contributed by atoms with Crippen molar-refractivity contribution in [3.05, 3.63) is 35.9 Å². The van der Waals surface area contributed by atoms with Gasteiger partial charge in [0.15, 0.2) is 12.2 Å². The number of esters is 2. The van der Waals surface area contributed by atoms with Crippen molar-refractivity contribution in [2.75, 3.05) is 0 Å². The summed E-state index contributed by atoms with van der Waals surface area (Å²) in [7, 11) is 0. The third-order valence-electron chi connectivity index (χ3n) is 4.01. The van der Waals surface area contributed by atoms with Crippen LogP contribution in [0.2, 0.25) is 0 Å². The quantitative estimate of drug-likeness (QED) is 0.737. The number of ether oxygens (including phenoxy) is 3.